The maximum absolute atomic E-state index is 13.8. The molecule has 1 N–H and O–H groups in total. The first-order chi connectivity index (χ1) is 19.2. The van der Waals surface area contributed by atoms with Gasteiger partial charge in [0.1, 0.15) is 5.82 Å². The number of amides is 1. The highest BCUT2D eigenvalue weighted by Crippen LogP contribution is 2.31. The Morgan fingerprint density at radius 1 is 0.949 bits per heavy atom. The lowest BCUT2D eigenvalue weighted by molar-refractivity contribution is 0.0747. The summed E-state index contributed by atoms with van der Waals surface area (Å²) in [5.74, 6) is 1.62. The van der Waals surface area contributed by atoms with Crippen LogP contribution in [-0.4, -0.2) is 59.3 Å². The highest BCUT2D eigenvalue weighted by molar-refractivity contribution is 6.00. The molecule has 0 spiro atoms. The van der Waals surface area contributed by atoms with Crippen LogP contribution in [0, 0.1) is 0 Å². The lowest BCUT2D eigenvalue weighted by Crippen LogP contribution is -2.49. The Kier molecular flexibility index (Phi) is 6.91. The number of hydrogen-bond acceptors (Lipinski definition) is 7. The third-order valence-electron chi connectivity index (χ3n) is 7.25. The Labute approximate surface area is 228 Å². The van der Waals surface area contributed by atoms with Crippen molar-refractivity contribution in [3.63, 3.8) is 0 Å². The molecule has 8 heteroatoms. The Bertz CT molecular complexity index is 1450. The number of benzene rings is 2. The zero-order valence-corrected chi connectivity index (χ0v) is 21.9. The normalized spacial score (nSPS) is 18.4. The molecule has 196 valence electrons. The van der Waals surface area contributed by atoms with Gasteiger partial charge < -0.3 is 15.1 Å². The molecule has 0 bridgehead atoms. The number of aliphatic imine (C=N–C) groups is 1. The fourth-order valence-corrected chi connectivity index (χ4v) is 5.01. The number of aryl methyl sites for hydroxylation is 1. The van der Waals surface area contributed by atoms with Crippen LogP contribution in [0.25, 0.3) is 0 Å². The number of carbonyl (C=O) groups is 1. The maximum Gasteiger partial charge on any atom is 0.256 e. The van der Waals surface area contributed by atoms with Crippen molar-refractivity contribution in [2.24, 2.45) is 4.99 Å². The van der Waals surface area contributed by atoms with Gasteiger partial charge in [0.05, 0.1) is 23.6 Å². The molecule has 39 heavy (non-hydrogen) atoms. The highest BCUT2D eigenvalue weighted by Gasteiger charge is 2.28. The minimum Gasteiger partial charge on any atom is -0.340 e. The smallest absolute Gasteiger partial charge is 0.256 e. The van der Waals surface area contributed by atoms with E-state index in [1.54, 1.807) is 0 Å². The van der Waals surface area contributed by atoms with E-state index >= 15 is 0 Å². The van der Waals surface area contributed by atoms with Crippen molar-refractivity contribution in [1.29, 1.82) is 0 Å². The van der Waals surface area contributed by atoms with Gasteiger partial charge in [0.2, 0.25) is 5.95 Å². The fraction of sp³-hybridized carbons (Fsp3) is 0.226. The van der Waals surface area contributed by atoms with E-state index in [2.05, 4.69) is 39.3 Å². The molecule has 1 fully saturated rings. The third kappa shape index (κ3) is 5.05. The first-order valence-electron chi connectivity index (χ1n) is 13.4. The van der Waals surface area contributed by atoms with Crippen molar-refractivity contribution in [3.05, 3.63) is 114 Å². The second kappa shape index (κ2) is 10.9. The van der Waals surface area contributed by atoms with Crippen LogP contribution < -0.4 is 15.1 Å². The summed E-state index contributed by atoms with van der Waals surface area (Å²) in [5.41, 5.74) is 4.57. The third-order valence-corrected chi connectivity index (χ3v) is 7.25. The van der Waals surface area contributed by atoms with Crippen molar-refractivity contribution in [2.75, 3.05) is 41.3 Å². The largest absolute Gasteiger partial charge is 0.340 e. The molecule has 8 nitrogen and oxygen atoms in total. The Balaban J connectivity index is 1.23. The van der Waals surface area contributed by atoms with Gasteiger partial charge in [0, 0.05) is 49.8 Å². The zero-order valence-electron chi connectivity index (χ0n) is 21.9. The van der Waals surface area contributed by atoms with Gasteiger partial charge in [-0.2, -0.15) is 0 Å². The number of rotatable bonds is 6. The molecule has 1 saturated heterocycles. The molecule has 1 unspecified atom stereocenters. The number of hydrogen-bond donors (Lipinski definition) is 1. The van der Waals surface area contributed by atoms with Gasteiger partial charge in [0.25, 0.3) is 5.91 Å². The summed E-state index contributed by atoms with van der Waals surface area (Å²) in [6.45, 7) is 4.70. The van der Waals surface area contributed by atoms with Gasteiger partial charge in [-0.15, -0.1) is 0 Å². The van der Waals surface area contributed by atoms with Crippen molar-refractivity contribution >= 4 is 29.6 Å². The van der Waals surface area contributed by atoms with Crippen molar-refractivity contribution in [2.45, 2.75) is 19.4 Å². The molecule has 0 radical (unpaired) electrons. The Morgan fingerprint density at radius 3 is 2.46 bits per heavy atom. The number of allylic oxidation sites excluding steroid dienone is 2. The number of anilines is 3. The molecule has 3 aliphatic rings. The van der Waals surface area contributed by atoms with Crippen molar-refractivity contribution in [3.8, 4) is 0 Å². The average molecular weight is 518 g/mol. The van der Waals surface area contributed by atoms with Gasteiger partial charge in [-0.05, 0) is 36.2 Å². The fourth-order valence-electron chi connectivity index (χ4n) is 5.01. The number of aromatic nitrogens is 2. The molecular formula is C31H31N7O. The molecule has 1 aliphatic carbocycles. The van der Waals surface area contributed by atoms with E-state index in [1.807, 2.05) is 95.3 Å². The first-order valence-corrected chi connectivity index (χ1v) is 13.4. The van der Waals surface area contributed by atoms with Crippen molar-refractivity contribution < 1.29 is 4.79 Å². The molecule has 6 rings (SSSR count). The van der Waals surface area contributed by atoms with Crippen LogP contribution in [0.15, 0.2) is 108 Å². The second-order valence-corrected chi connectivity index (χ2v) is 9.66. The average Bonchev–Trinajstić information content (AvgIpc) is 3.02. The Morgan fingerprint density at radius 2 is 1.69 bits per heavy atom. The number of fused-ring (bicyclic) bond motifs is 1. The van der Waals surface area contributed by atoms with Gasteiger partial charge in [-0.25, -0.2) is 9.97 Å². The topological polar surface area (TPSA) is 77.0 Å². The summed E-state index contributed by atoms with van der Waals surface area (Å²) in [4.78, 5) is 33.7. The minimum atomic E-state index is -0.0676. The lowest BCUT2D eigenvalue weighted by atomic mass is 10.00. The van der Waals surface area contributed by atoms with Crippen LogP contribution in [0.2, 0.25) is 0 Å². The molecule has 1 aromatic heterocycles. The van der Waals surface area contributed by atoms with E-state index in [9.17, 15) is 4.79 Å². The maximum atomic E-state index is 13.8. The monoisotopic (exact) mass is 517 g/mol. The summed E-state index contributed by atoms with van der Waals surface area (Å²) in [6.07, 6.45) is 14.7. The molecule has 3 heterocycles. The minimum absolute atomic E-state index is 0.0111. The summed E-state index contributed by atoms with van der Waals surface area (Å²) in [7, 11) is 0. The molecule has 2 aromatic carbocycles. The SMILES string of the molecule is CCc1cnc(N2CCN(C(=O)c3ccccc3NC3=C4C=CC=CC4N=CN3c3ccccc3)CC2)nc1. The summed E-state index contributed by atoms with van der Waals surface area (Å²) < 4.78 is 0. The van der Waals surface area contributed by atoms with Crippen LogP contribution in [0.3, 0.4) is 0 Å². The molecule has 3 aromatic rings. The molecular weight excluding hydrogens is 486 g/mol. The predicted octanol–water partition coefficient (Wildman–Crippen LogP) is 4.67. The zero-order chi connectivity index (χ0) is 26.6. The van der Waals surface area contributed by atoms with Crippen LogP contribution in [-0.2, 0) is 6.42 Å². The van der Waals surface area contributed by atoms with Crippen LogP contribution in [0.4, 0.5) is 17.3 Å². The van der Waals surface area contributed by atoms with Gasteiger partial charge in [-0.1, -0.05) is 61.6 Å². The number of nitrogens with one attached hydrogen (secondary N) is 1. The number of nitrogens with zero attached hydrogens (tertiary/aromatic N) is 6. The summed E-state index contributed by atoms with van der Waals surface area (Å²) in [5, 5.41) is 3.61. The molecule has 0 saturated carbocycles. The van der Waals surface area contributed by atoms with Crippen LogP contribution >= 0.6 is 0 Å². The number of piperazine rings is 1. The van der Waals surface area contributed by atoms with Gasteiger partial charge in [-0.3, -0.25) is 14.7 Å². The first kappa shape index (κ1) is 24.6. The summed E-state index contributed by atoms with van der Waals surface area (Å²) >= 11 is 0. The molecule has 1 amide bonds. The summed E-state index contributed by atoms with van der Waals surface area (Å²) in [6, 6.07) is 17.8. The van der Waals surface area contributed by atoms with E-state index in [0.717, 1.165) is 40.7 Å². The lowest BCUT2D eigenvalue weighted by Gasteiger charge is -2.35. The number of para-hydroxylation sites is 2. The van der Waals surface area contributed by atoms with Crippen LogP contribution in [0.1, 0.15) is 22.8 Å². The van der Waals surface area contributed by atoms with Gasteiger partial charge in [0.15, 0.2) is 0 Å². The highest BCUT2D eigenvalue weighted by atomic mass is 16.2. The van der Waals surface area contributed by atoms with Crippen molar-refractivity contribution in [1.82, 2.24) is 14.9 Å². The number of carbonyl (C=O) groups excluding carboxylic acids is 1. The van der Waals surface area contributed by atoms with E-state index in [0.29, 0.717) is 31.7 Å². The van der Waals surface area contributed by atoms with E-state index in [1.165, 1.54) is 0 Å². The van der Waals surface area contributed by atoms with Gasteiger partial charge >= 0.3 is 0 Å². The molecule has 2 aliphatic heterocycles. The Hall–Kier alpha value is -4.72. The van der Waals surface area contributed by atoms with Crippen LogP contribution in [0.5, 0.6) is 0 Å². The van der Waals surface area contributed by atoms with E-state index < -0.39 is 0 Å². The standard InChI is InChI=1S/C31H31N7O/c1-2-23-20-32-31(33-21-23)37-18-16-36(17-19-37)30(39)26-13-7-9-15-28(26)35-29-25-12-6-8-14-27(25)34-22-38(29)24-10-4-3-5-11-24/h3-15,20-22,27,35H,2,16-19H2,1H3. The molecule has 1 atom stereocenters. The van der Waals surface area contributed by atoms with E-state index in [-0.39, 0.29) is 11.9 Å². The quantitative estimate of drug-likeness (QED) is 0.512. The van der Waals surface area contributed by atoms with E-state index in [4.69, 9.17) is 4.99 Å². The predicted molar refractivity (Wildman–Crippen MR) is 156 cm³/mol. The second-order valence-electron chi connectivity index (χ2n) is 9.66.